The standard InChI is InChI=1S/C25H35N5O6S/c1-29-22(16-30(25(32)35-2)19-8-4-5-9-19)23(26-28-29)17-11-13-20(14-12-17)36-21-10-6-7-18(15-21)24(31)27-37(3,33)34/h11-14,18-19,21H,4-10,15-16H2,1-3H3,(H,27,31)/t18-,21-/m1/s1. The average molecular weight is 534 g/mol. The van der Waals surface area contributed by atoms with Gasteiger partial charge in [0.05, 0.1) is 31.7 Å². The van der Waals surface area contributed by atoms with Crippen molar-refractivity contribution in [2.24, 2.45) is 13.0 Å². The quantitative estimate of drug-likeness (QED) is 0.548. The minimum atomic E-state index is -3.58. The maximum atomic E-state index is 12.5. The maximum Gasteiger partial charge on any atom is 0.410 e. The Bertz CT molecular complexity index is 1210. The number of rotatable bonds is 8. The lowest BCUT2D eigenvalue weighted by Gasteiger charge is -2.28. The lowest BCUT2D eigenvalue weighted by atomic mass is 9.87. The van der Waals surface area contributed by atoms with E-state index in [1.54, 1.807) is 9.58 Å². The van der Waals surface area contributed by atoms with Crippen LogP contribution in [0.4, 0.5) is 4.79 Å². The Labute approximate surface area is 217 Å². The molecule has 2 fully saturated rings. The number of benzene rings is 1. The summed E-state index contributed by atoms with van der Waals surface area (Å²) in [5.41, 5.74) is 2.36. The minimum Gasteiger partial charge on any atom is -0.490 e. The molecule has 2 atom stereocenters. The first kappa shape index (κ1) is 26.9. The van der Waals surface area contributed by atoms with Crippen molar-refractivity contribution in [3.63, 3.8) is 0 Å². The smallest absolute Gasteiger partial charge is 0.410 e. The number of nitrogens with zero attached hydrogens (tertiary/aromatic N) is 4. The first-order chi connectivity index (χ1) is 17.6. The van der Waals surface area contributed by atoms with Gasteiger partial charge >= 0.3 is 6.09 Å². The average Bonchev–Trinajstić information content (AvgIpc) is 3.52. The molecule has 0 radical (unpaired) electrons. The number of amides is 2. The molecule has 12 heteroatoms. The van der Waals surface area contributed by atoms with Gasteiger partial charge < -0.3 is 9.47 Å². The Morgan fingerprint density at radius 3 is 2.46 bits per heavy atom. The number of hydrogen-bond acceptors (Lipinski definition) is 8. The predicted octanol–water partition coefficient (Wildman–Crippen LogP) is 3.01. The van der Waals surface area contributed by atoms with Gasteiger partial charge in [0.1, 0.15) is 11.4 Å². The summed E-state index contributed by atoms with van der Waals surface area (Å²) in [5.74, 6) is -0.210. The molecule has 11 nitrogen and oxygen atoms in total. The Balaban J connectivity index is 1.44. The number of nitrogens with one attached hydrogen (secondary N) is 1. The summed E-state index contributed by atoms with van der Waals surface area (Å²) in [7, 11) is -0.370. The zero-order valence-corrected chi connectivity index (χ0v) is 22.4. The first-order valence-corrected chi connectivity index (χ1v) is 14.6. The molecule has 2 aliphatic carbocycles. The summed E-state index contributed by atoms with van der Waals surface area (Å²) in [4.78, 5) is 26.6. The highest BCUT2D eigenvalue weighted by atomic mass is 32.2. The molecule has 1 N–H and O–H groups in total. The molecule has 0 spiro atoms. The third-order valence-electron chi connectivity index (χ3n) is 7.15. The van der Waals surface area contributed by atoms with E-state index in [1.165, 1.54) is 7.11 Å². The molecule has 1 aromatic heterocycles. The molecule has 0 saturated heterocycles. The molecule has 1 heterocycles. The van der Waals surface area contributed by atoms with Gasteiger partial charge in [-0.3, -0.25) is 14.4 Å². The fraction of sp³-hybridized carbons (Fsp3) is 0.600. The van der Waals surface area contributed by atoms with Crippen molar-refractivity contribution in [3.05, 3.63) is 30.0 Å². The van der Waals surface area contributed by atoms with E-state index in [0.29, 0.717) is 30.8 Å². The fourth-order valence-electron chi connectivity index (χ4n) is 5.26. The Morgan fingerprint density at radius 1 is 1.11 bits per heavy atom. The van der Waals surface area contributed by atoms with E-state index in [4.69, 9.17) is 9.47 Å². The molecule has 0 bridgehead atoms. The van der Waals surface area contributed by atoms with E-state index in [0.717, 1.165) is 56.0 Å². The second kappa shape index (κ2) is 11.5. The van der Waals surface area contributed by atoms with Crippen molar-refractivity contribution in [3.8, 4) is 17.0 Å². The van der Waals surface area contributed by atoms with Gasteiger partial charge in [-0.05, 0) is 62.8 Å². The van der Waals surface area contributed by atoms with Crippen molar-refractivity contribution in [2.45, 2.75) is 70.1 Å². The van der Waals surface area contributed by atoms with Gasteiger partial charge in [0.15, 0.2) is 0 Å². The third kappa shape index (κ3) is 6.79. The highest BCUT2D eigenvalue weighted by Crippen LogP contribution is 2.31. The lowest BCUT2D eigenvalue weighted by molar-refractivity contribution is -0.125. The normalized spacial score (nSPS) is 20.4. The van der Waals surface area contributed by atoms with Crippen LogP contribution in [-0.2, 0) is 33.1 Å². The van der Waals surface area contributed by atoms with Gasteiger partial charge in [-0.2, -0.15) is 0 Å². The van der Waals surface area contributed by atoms with Crippen molar-refractivity contribution in [2.75, 3.05) is 13.4 Å². The van der Waals surface area contributed by atoms with Gasteiger partial charge in [0.25, 0.3) is 0 Å². The summed E-state index contributed by atoms with van der Waals surface area (Å²) < 4.78 is 37.8. The molecule has 37 heavy (non-hydrogen) atoms. The van der Waals surface area contributed by atoms with E-state index >= 15 is 0 Å². The number of carbonyl (C=O) groups is 2. The highest BCUT2D eigenvalue weighted by molar-refractivity contribution is 7.89. The van der Waals surface area contributed by atoms with Crippen molar-refractivity contribution >= 4 is 22.0 Å². The predicted molar refractivity (Wildman–Crippen MR) is 136 cm³/mol. The van der Waals surface area contributed by atoms with E-state index in [1.807, 2.05) is 31.3 Å². The van der Waals surface area contributed by atoms with Crippen LogP contribution in [0.3, 0.4) is 0 Å². The van der Waals surface area contributed by atoms with Crippen LogP contribution < -0.4 is 9.46 Å². The third-order valence-corrected chi connectivity index (χ3v) is 7.72. The SMILES string of the molecule is COC(=O)N(Cc1c(-c2ccc(O[C@@H]3CCC[C@@H](C(=O)NS(C)(=O)=O)C3)cc2)nnn1C)C1CCCC1. The van der Waals surface area contributed by atoms with E-state index < -0.39 is 21.8 Å². The Morgan fingerprint density at radius 2 is 1.81 bits per heavy atom. The molecule has 4 rings (SSSR count). The summed E-state index contributed by atoms with van der Waals surface area (Å²) >= 11 is 0. The lowest BCUT2D eigenvalue weighted by Crippen LogP contribution is -2.39. The van der Waals surface area contributed by atoms with E-state index in [2.05, 4.69) is 15.0 Å². The molecule has 2 aliphatic rings. The summed E-state index contributed by atoms with van der Waals surface area (Å²) in [6.45, 7) is 0.355. The van der Waals surface area contributed by atoms with Crippen LogP contribution in [0.15, 0.2) is 24.3 Å². The molecule has 0 unspecified atom stereocenters. The highest BCUT2D eigenvalue weighted by Gasteiger charge is 2.31. The topological polar surface area (TPSA) is 133 Å². The second-order valence-electron chi connectivity index (χ2n) is 9.91. The molecule has 202 valence electrons. The van der Waals surface area contributed by atoms with Crippen molar-refractivity contribution < 1.29 is 27.5 Å². The number of sulfonamides is 1. The zero-order chi connectivity index (χ0) is 26.6. The number of hydrogen-bond donors (Lipinski definition) is 1. The second-order valence-corrected chi connectivity index (χ2v) is 11.7. The van der Waals surface area contributed by atoms with Crippen LogP contribution in [0.1, 0.15) is 57.1 Å². The van der Waals surface area contributed by atoms with Crippen LogP contribution >= 0.6 is 0 Å². The number of aromatic nitrogens is 3. The number of ether oxygens (including phenoxy) is 2. The van der Waals surface area contributed by atoms with E-state index in [9.17, 15) is 18.0 Å². The summed E-state index contributed by atoms with van der Waals surface area (Å²) in [6, 6.07) is 7.64. The number of aryl methyl sites for hydroxylation is 1. The molecule has 1 aromatic carbocycles. The molecule has 2 aromatic rings. The van der Waals surface area contributed by atoms with Gasteiger partial charge in [-0.1, -0.05) is 18.1 Å². The Kier molecular flexibility index (Phi) is 8.35. The molecule has 2 saturated carbocycles. The number of methoxy groups -OCH3 is 1. The Hall–Kier alpha value is -3.15. The van der Waals surface area contributed by atoms with Crippen molar-refractivity contribution in [1.82, 2.24) is 24.6 Å². The van der Waals surface area contributed by atoms with Crippen LogP contribution in [-0.4, -0.2) is 65.8 Å². The minimum absolute atomic E-state index is 0.143. The molecule has 0 aliphatic heterocycles. The molecular formula is C25H35N5O6S. The van der Waals surface area contributed by atoms with Crippen LogP contribution in [0.2, 0.25) is 0 Å². The van der Waals surface area contributed by atoms with E-state index in [-0.39, 0.29) is 18.2 Å². The molecule has 2 amide bonds. The van der Waals surface area contributed by atoms with Crippen LogP contribution in [0.25, 0.3) is 11.3 Å². The van der Waals surface area contributed by atoms with Gasteiger partial charge in [0, 0.05) is 24.6 Å². The summed E-state index contributed by atoms with van der Waals surface area (Å²) in [6.07, 6.45) is 7.24. The first-order valence-electron chi connectivity index (χ1n) is 12.7. The van der Waals surface area contributed by atoms with Crippen LogP contribution in [0, 0.1) is 5.92 Å². The maximum absolute atomic E-state index is 12.5. The fourth-order valence-corrected chi connectivity index (χ4v) is 5.79. The monoisotopic (exact) mass is 533 g/mol. The molecular weight excluding hydrogens is 498 g/mol. The van der Waals surface area contributed by atoms with Gasteiger partial charge in [-0.15, -0.1) is 5.10 Å². The summed E-state index contributed by atoms with van der Waals surface area (Å²) in [5, 5.41) is 8.55. The zero-order valence-electron chi connectivity index (χ0n) is 21.6. The van der Waals surface area contributed by atoms with Crippen molar-refractivity contribution in [1.29, 1.82) is 0 Å². The van der Waals surface area contributed by atoms with Crippen LogP contribution in [0.5, 0.6) is 5.75 Å². The number of carbonyl (C=O) groups excluding carboxylic acids is 2. The largest absolute Gasteiger partial charge is 0.490 e. The van der Waals surface area contributed by atoms with Gasteiger partial charge in [-0.25, -0.2) is 17.9 Å². The van der Waals surface area contributed by atoms with Gasteiger partial charge in [0.2, 0.25) is 15.9 Å².